The molecule has 1 atom stereocenters. The first-order chi connectivity index (χ1) is 8.79. The quantitative estimate of drug-likeness (QED) is 0.799. The van der Waals surface area contributed by atoms with E-state index in [4.69, 9.17) is 4.74 Å². The number of carbonyl (C=O) groups is 1. The molecule has 1 aliphatic rings. The summed E-state index contributed by atoms with van der Waals surface area (Å²) in [7, 11) is 0. The molecule has 1 saturated heterocycles. The van der Waals surface area contributed by atoms with Gasteiger partial charge in [0.15, 0.2) is 12.5 Å². The molecule has 0 saturated carbocycles. The van der Waals surface area contributed by atoms with Crippen LogP contribution in [0.3, 0.4) is 0 Å². The van der Waals surface area contributed by atoms with Gasteiger partial charge >= 0.3 is 0 Å². The van der Waals surface area contributed by atoms with Gasteiger partial charge in [0.1, 0.15) is 5.69 Å². The zero-order chi connectivity index (χ0) is 12.5. The zero-order valence-corrected chi connectivity index (χ0v) is 11.4. The predicted molar refractivity (Wildman–Crippen MR) is 71.7 cm³/mol. The van der Waals surface area contributed by atoms with Gasteiger partial charge < -0.3 is 4.74 Å². The number of rotatable bonds is 2. The van der Waals surface area contributed by atoms with Crippen molar-refractivity contribution in [3.8, 4) is 0 Å². The van der Waals surface area contributed by atoms with Crippen molar-refractivity contribution in [3.63, 3.8) is 0 Å². The van der Waals surface area contributed by atoms with E-state index < -0.39 is 0 Å². The molecule has 18 heavy (non-hydrogen) atoms. The Morgan fingerprint density at radius 1 is 1.44 bits per heavy atom. The van der Waals surface area contributed by atoms with E-state index in [1.807, 2.05) is 22.9 Å². The predicted octanol–water partition coefficient (Wildman–Crippen LogP) is 3.31. The Morgan fingerprint density at radius 3 is 3.06 bits per heavy atom. The Hall–Kier alpha value is -1.20. The maximum atomic E-state index is 11.1. The van der Waals surface area contributed by atoms with Gasteiger partial charge in [0.25, 0.3) is 0 Å². The molecule has 4 nitrogen and oxygen atoms in total. The third kappa shape index (κ3) is 1.97. The summed E-state index contributed by atoms with van der Waals surface area (Å²) < 4.78 is 8.55. The van der Waals surface area contributed by atoms with Gasteiger partial charge in [-0.1, -0.05) is 15.9 Å². The van der Waals surface area contributed by atoms with Crippen molar-refractivity contribution in [1.82, 2.24) is 9.78 Å². The fourth-order valence-corrected chi connectivity index (χ4v) is 2.71. The smallest absolute Gasteiger partial charge is 0.170 e. The molecule has 0 aliphatic carbocycles. The molecule has 0 radical (unpaired) electrons. The number of carbonyl (C=O) groups excluding carboxylic acids is 1. The number of aldehydes is 1. The maximum absolute atomic E-state index is 11.1. The summed E-state index contributed by atoms with van der Waals surface area (Å²) >= 11 is 3.45. The number of hydrogen-bond acceptors (Lipinski definition) is 3. The lowest BCUT2D eigenvalue weighted by Gasteiger charge is -2.23. The average Bonchev–Trinajstić information content (AvgIpc) is 2.77. The fourth-order valence-electron chi connectivity index (χ4n) is 2.36. The van der Waals surface area contributed by atoms with Crippen molar-refractivity contribution in [2.45, 2.75) is 25.5 Å². The highest BCUT2D eigenvalue weighted by molar-refractivity contribution is 9.10. The lowest BCUT2D eigenvalue weighted by Crippen LogP contribution is -2.19. The van der Waals surface area contributed by atoms with Crippen molar-refractivity contribution in [1.29, 1.82) is 0 Å². The first kappa shape index (κ1) is 11.9. The van der Waals surface area contributed by atoms with Crippen LogP contribution in [0, 0.1) is 0 Å². The van der Waals surface area contributed by atoms with Crippen molar-refractivity contribution < 1.29 is 9.53 Å². The summed E-state index contributed by atoms with van der Waals surface area (Å²) in [4.78, 5) is 11.1. The number of hydrogen-bond donors (Lipinski definition) is 0. The van der Waals surface area contributed by atoms with E-state index in [2.05, 4.69) is 21.0 Å². The normalized spacial score (nSPS) is 20.2. The topological polar surface area (TPSA) is 44.1 Å². The molecule has 0 amide bonds. The van der Waals surface area contributed by atoms with Crippen molar-refractivity contribution in [2.75, 3.05) is 6.61 Å². The molecule has 0 bridgehead atoms. The Kier molecular flexibility index (Phi) is 3.18. The van der Waals surface area contributed by atoms with Crippen molar-refractivity contribution >= 4 is 33.1 Å². The van der Waals surface area contributed by atoms with Crippen molar-refractivity contribution in [2.24, 2.45) is 0 Å². The van der Waals surface area contributed by atoms with Gasteiger partial charge in [0, 0.05) is 16.5 Å². The third-order valence-electron chi connectivity index (χ3n) is 3.24. The number of benzene rings is 1. The van der Waals surface area contributed by atoms with Crippen LogP contribution in [0.4, 0.5) is 0 Å². The highest BCUT2D eigenvalue weighted by Crippen LogP contribution is 2.29. The molecule has 1 aliphatic heterocycles. The van der Waals surface area contributed by atoms with Gasteiger partial charge in [-0.2, -0.15) is 5.10 Å². The minimum atomic E-state index is -0.0516. The fraction of sp³-hybridized carbons (Fsp3) is 0.385. The maximum Gasteiger partial charge on any atom is 0.170 e. The third-order valence-corrected chi connectivity index (χ3v) is 3.73. The monoisotopic (exact) mass is 308 g/mol. The molecular weight excluding hydrogens is 296 g/mol. The number of fused-ring (bicyclic) bond motifs is 1. The summed E-state index contributed by atoms with van der Waals surface area (Å²) in [6, 6.07) is 5.81. The number of aromatic nitrogens is 2. The highest BCUT2D eigenvalue weighted by Gasteiger charge is 2.20. The number of halogens is 1. The summed E-state index contributed by atoms with van der Waals surface area (Å²) in [6.45, 7) is 0.760. The van der Waals surface area contributed by atoms with Crippen LogP contribution in [-0.2, 0) is 4.74 Å². The molecule has 5 heteroatoms. The lowest BCUT2D eigenvalue weighted by atomic mass is 10.2. The van der Waals surface area contributed by atoms with Gasteiger partial charge in [-0.3, -0.25) is 4.79 Å². The summed E-state index contributed by atoms with van der Waals surface area (Å²) in [5.41, 5.74) is 1.42. The Bertz CT molecular complexity index is 588. The van der Waals surface area contributed by atoms with Gasteiger partial charge in [-0.25, -0.2) is 4.68 Å². The summed E-state index contributed by atoms with van der Waals surface area (Å²) in [6.07, 6.45) is 3.93. The molecule has 1 aromatic carbocycles. The molecule has 0 N–H and O–H groups in total. The second-order valence-corrected chi connectivity index (χ2v) is 5.35. The minimum absolute atomic E-state index is 0.0516. The first-order valence-corrected chi connectivity index (χ1v) is 6.83. The van der Waals surface area contributed by atoms with Crippen LogP contribution in [0.2, 0.25) is 0 Å². The first-order valence-electron chi connectivity index (χ1n) is 6.04. The Balaban J connectivity index is 2.15. The molecule has 94 valence electrons. The van der Waals surface area contributed by atoms with Gasteiger partial charge in [0.05, 0.1) is 5.52 Å². The second kappa shape index (κ2) is 4.82. The molecule has 3 rings (SSSR count). The summed E-state index contributed by atoms with van der Waals surface area (Å²) in [5, 5.41) is 5.25. The molecular formula is C13H13BrN2O2. The lowest BCUT2D eigenvalue weighted by molar-refractivity contribution is -0.0367. The highest BCUT2D eigenvalue weighted by atomic mass is 79.9. The van der Waals surface area contributed by atoms with Crippen molar-refractivity contribution in [3.05, 3.63) is 28.4 Å². The van der Waals surface area contributed by atoms with E-state index in [-0.39, 0.29) is 6.23 Å². The van der Waals surface area contributed by atoms with Crippen LogP contribution < -0.4 is 0 Å². The van der Waals surface area contributed by atoms with Crippen LogP contribution >= 0.6 is 15.9 Å². The summed E-state index contributed by atoms with van der Waals surface area (Å²) in [5.74, 6) is 0. The standard InChI is InChI=1S/C13H13BrN2O2/c14-9-4-5-10-11(8-17)15-16(12(10)7-9)13-3-1-2-6-18-13/h4-5,7-8,13H,1-3,6H2/t13-/m1/s1. The molecule has 2 aromatic rings. The molecule has 0 spiro atoms. The van der Waals surface area contributed by atoms with E-state index in [1.54, 1.807) is 0 Å². The van der Waals surface area contributed by atoms with Gasteiger partial charge in [0.2, 0.25) is 0 Å². The van der Waals surface area contributed by atoms with E-state index in [0.717, 1.165) is 47.5 Å². The van der Waals surface area contributed by atoms with Gasteiger partial charge in [-0.05, 0) is 37.5 Å². The van der Waals surface area contributed by atoms with Crippen LogP contribution in [0.5, 0.6) is 0 Å². The largest absolute Gasteiger partial charge is 0.356 e. The van der Waals surface area contributed by atoms with E-state index in [1.165, 1.54) is 0 Å². The number of nitrogens with zero attached hydrogens (tertiary/aromatic N) is 2. The van der Waals surface area contributed by atoms with Crippen LogP contribution in [0.1, 0.15) is 36.0 Å². The second-order valence-electron chi connectivity index (χ2n) is 4.43. The molecule has 0 unspecified atom stereocenters. The Labute approximate surface area is 113 Å². The number of ether oxygens (including phenoxy) is 1. The van der Waals surface area contributed by atoms with E-state index in [9.17, 15) is 4.79 Å². The van der Waals surface area contributed by atoms with Crippen LogP contribution in [-0.4, -0.2) is 22.7 Å². The average molecular weight is 309 g/mol. The van der Waals surface area contributed by atoms with Crippen LogP contribution in [0.15, 0.2) is 22.7 Å². The van der Waals surface area contributed by atoms with E-state index in [0.29, 0.717) is 5.69 Å². The SMILES string of the molecule is O=Cc1nn([C@H]2CCCCO2)c2cc(Br)ccc12. The molecule has 1 aromatic heterocycles. The van der Waals surface area contributed by atoms with Crippen LogP contribution in [0.25, 0.3) is 10.9 Å². The molecule has 2 heterocycles. The minimum Gasteiger partial charge on any atom is -0.356 e. The van der Waals surface area contributed by atoms with Gasteiger partial charge in [-0.15, -0.1) is 0 Å². The Morgan fingerprint density at radius 2 is 2.33 bits per heavy atom. The zero-order valence-electron chi connectivity index (χ0n) is 9.80. The van der Waals surface area contributed by atoms with E-state index >= 15 is 0 Å². The molecule has 1 fully saturated rings.